The quantitative estimate of drug-likeness (QED) is 0.672. The van der Waals surface area contributed by atoms with Crippen LogP contribution in [-0.2, 0) is 9.53 Å². The van der Waals surface area contributed by atoms with Gasteiger partial charge in [0.05, 0.1) is 0 Å². The van der Waals surface area contributed by atoms with Gasteiger partial charge in [-0.1, -0.05) is 6.92 Å². The third-order valence-electron chi connectivity index (χ3n) is 9.11. The number of hydrogen-bond acceptors (Lipinski definition) is 2. The number of carbonyl (C=O) groups is 1. The maximum absolute atomic E-state index is 12.2. The Bertz CT molecular complexity index is 500. The van der Waals surface area contributed by atoms with Gasteiger partial charge in [-0.25, -0.2) is 0 Å². The molecule has 0 N–H and O–H groups in total. The van der Waals surface area contributed by atoms with Gasteiger partial charge in [-0.2, -0.15) is 0 Å². The molecule has 0 heterocycles. The van der Waals surface area contributed by atoms with E-state index in [9.17, 15) is 4.79 Å². The molecule has 8 atom stereocenters. The zero-order chi connectivity index (χ0) is 17.6. The molecule has 4 aliphatic carbocycles. The summed E-state index contributed by atoms with van der Waals surface area (Å²) in [5.74, 6) is 6.32. The van der Waals surface area contributed by atoms with Crippen molar-refractivity contribution >= 4 is 5.78 Å². The summed E-state index contributed by atoms with van der Waals surface area (Å²) in [7, 11) is 0. The van der Waals surface area contributed by atoms with Gasteiger partial charge < -0.3 is 4.74 Å². The number of rotatable bonds is 4. The molecule has 2 nitrogen and oxygen atoms in total. The van der Waals surface area contributed by atoms with Gasteiger partial charge in [0.1, 0.15) is 5.78 Å². The van der Waals surface area contributed by atoms with Gasteiger partial charge in [-0.3, -0.25) is 4.79 Å². The molecule has 0 saturated heterocycles. The van der Waals surface area contributed by atoms with Crippen molar-refractivity contribution in [2.75, 3.05) is 13.2 Å². The number of hydrogen-bond donors (Lipinski definition) is 0. The second kappa shape index (κ2) is 6.98. The Hall–Kier alpha value is -0.370. The van der Waals surface area contributed by atoms with Crippen LogP contribution in [0.2, 0.25) is 0 Å². The van der Waals surface area contributed by atoms with Crippen LogP contribution in [0.5, 0.6) is 0 Å². The molecule has 25 heavy (non-hydrogen) atoms. The Kier molecular flexibility index (Phi) is 5.03. The highest BCUT2D eigenvalue weighted by Gasteiger charge is 2.57. The predicted molar refractivity (Wildman–Crippen MR) is 101 cm³/mol. The molecular formula is C23H38O2. The molecule has 4 saturated carbocycles. The summed E-state index contributed by atoms with van der Waals surface area (Å²) in [6.07, 6.45) is 12.4. The van der Waals surface area contributed by atoms with E-state index in [4.69, 9.17) is 4.74 Å². The van der Waals surface area contributed by atoms with Crippen molar-refractivity contribution in [1.29, 1.82) is 0 Å². The van der Waals surface area contributed by atoms with Crippen LogP contribution in [0.3, 0.4) is 0 Å². The second-order valence-corrected chi connectivity index (χ2v) is 10.1. The summed E-state index contributed by atoms with van der Waals surface area (Å²) in [6.45, 7) is 8.30. The standard InChI is InChI=1S/C23H38O2/c1-4-25-14-16-5-7-18-17(13-16)6-8-20-19(18)11-12-23(3)21(15(2)24)9-10-22(20)23/h16-22H,4-14H2,1-3H3/t16-,17+,18-,19?,20+,21+,22?,23+/m0/s1. The van der Waals surface area contributed by atoms with Crippen molar-refractivity contribution in [2.45, 2.75) is 78.6 Å². The number of carbonyl (C=O) groups excluding carboxylic acids is 1. The van der Waals surface area contributed by atoms with Crippen molar-refractivity contribution in [2.24, 2.45) is 46.8 Å². The van der Waals surface area contributed by atoms with E-state index >= 15 is 0 Å². The highest BCUT2D eigenvalue weighted by molar-refractivity contribution is 5.79. The smallest absolute Gasteiger partial charge is 0.133 e. The molecule has 2 unspecified atom stereocenters. The summed E-state index contributed by atoms with van der Waals surface area (Å²) < 4.78 is 5.73. The molecule has 4 fully saturated rings. The first-order valence-corrected chi connectivity index (χ1v) is 11.1. The van der Waals surface area contributed by atoms with Gasteiger partial charge in [-0.15, -0.1) is 0 Å². The molecule has 0 aromatic carbocycles. The molecule has 0 aromatic rings. The first kappa shape index (κ1) is 18.0. The van der Waals surface area contributed by atoms with Crippen molar-refractivity contribution in [3.05, 3.63) is 0 Å². The van der Waals surface area contributed by atoms with E-state index in [1.54, 1.807) is 0 Å². The maximum atomic E-state index is 12.2. The van der Waals surface area contributed by atoms with E-state index in [2.05, 4.69) is 13.8 Å². The van der Waals surface area contributed by atoms with E-state index in [0.717, 1.165) is 48.7 Å². The van der Waals surface area contributed by atoms with Crippen LogP contribution in [-0.4, -0.2) is 19.0 Å². The van der Waals surface area contributed by atoms with Crippen molar-refractivity contribution in [1.82, 2.24) is 0 Å². The fourth-order valence-electron chi connectivity index (χ4n) is 8.05. The fraction of sp³-hybridized carbons (Fsp3) is 0.957. The van der Waals surface area contributed by atoms with E-state index in [-0.39, 0.29) is 0 Å². The summed E-state index contributed by atoms with van der Waals surface area (Å²) in [5.41, 5.74) is 0.325. The minimum Gasteiger partial charge on any atom is -0.381 e. The average molecular weight is 347 g/mol. The van der Waals surface area contributed by atoms with Crippen LogP contribution in [0, 0.1) is 46.8 Å². The predicted octanol–water partition coefficient (Wildman–Crippen LogP) is 5.50. The Balaban J connectivity index is 1.45. The van der Waals surface area contributed by atoms with Gasteiger partial charge in [-0.05, 0) is 113 Å². The molecule has 0 spiro atoms. The maximum Gasteiger partial charge on any atom is 0.133 e. The van der Waals surface area contributed by atoms with Crippen LogP contribution in [0.15, 0.2) is 0 Å². The van der Waals surface area contributed by atoms with Gasteiger partial charge in [0.2, 0.25) is 0 Å². The fourth-order valence-corrected chi connectivity index (χ4v) is 8.05. The third-order valence-corrected chi connectivity index (χ3v) is 9.11. The first-order valence-electron chi connectivity index (χ1n) is 11.1. The Morgan fingerprint density at radius 3 is 2.56 bits per heavy atom. The van der Waals surface area contributed by atoms with Gasteiger partial charge in [0.15, 0.2) is 0 Å². The lowest BCUT2D eigenvalue weighted by Gasteiger charge is -2.56. The minimum atomic E-state index is 0.325. The molecule has 0 amide bonds. The minimum absolute atomic E-state index is 0.325. The second-order valence-electron chi connectivity index (χ2n) is 10.1. The Morgan fingerprint density at radius 1 is 1.00 bits per heavy atom. The zero-order valence-electron chi connectivity index (χ0n) is 16.6. The Labute approximate surface area is 154 Å². The number of fused-ring (bicyclic) bond motifs is 5. The molecule has 0 aromatic heterocycles. The lowest BCUT2D eigenvalue weighted by atomic mass is 9.49. The molecule has 4 aliphatic rings. The Morgan fingerprint density at radius 2 is 1.80 bits per heavy atom. The highest BCUT2D eigenvalue weighted by atomic mass is 16.5. The number of ether oxygens (including phenoxy) is 1. The molecular weight excluding hydrogens is 308 g/mol. The lowest BCUT2D eigenvalue weighted by molar-refractivity contribution is -0.128. The van der Waals surface area contributed by atoms with E-state index in [1.807, 2.05) is 6.92 Å². The van der Waals surface area contributed by atoms with Gasteiger partial charge in [0.25, 0.3) is 0 Å². The van der Waals surface area contributed by atoms with Crippen LogP contribution in [0.4, 0.5) is 0 Å². The summed E-state index contributed by atoms with van der Waals surface area (Å²) >= 11 is 0. The third kappa shape index (κ3) is 3.01. The molecule has 0 aliphatic heterocycles. The molecule has 142 valence electrons. The van der Waals surface area contributed by atoms with Crippen molar-refractivity contribution in [3.8, 4) is 0 Å². The summed E-state index contributed by atoms with van der Waals surface area (Å²) in [5, 5.41) is 0. The monoisotopic (exact) mass is 346 g/mol. The SMILES string of the molecule is CCOC[C@H]1CC[C@@H]2C3CC[C@@]4(C)C(CC[C@@H]4C(C)=O)[C@@H]3CC[C@@H]2C1. The largest absolute Gasteiger partial charge is 0.381 e. The van der Waals surface area contributed by atoms with Crippen LogP contribution in [0.25, 0.3) is 0 Å². The first-order chi connectivity index (χ1) is 12.0. The summed E-state index contributed by atoms with van der Waals surface area (Å²) in [4.78, 5) is 12.2. The van der Waals surface area contributed by atoms with E-state index in [1.165, 1.54) is 57.8 Å². The molecule has 0 radical (unpaired) electrons. The van der Waals surface area contributed by atoms with Crippen molar-refractivity contribution in [3.63, 3.8) is 0 Å². The van der Waals surface area contributed by atoms with Gasteiger partial charge >= 0.3 is 0 Å². The molecule has 0 bridgehead atoms. The molecule has 4 rings (SSSR count). The van der Waals surface area contributed by atoms with Gasteiger partial charge in [0, 0.05) is 19.1 Å². The number of Topliss-reactive ketones (excluding diaryl/α,β-unsaturated/α-hetero) is 1. The number of ketones is 1. The van der Waals surface area contributed by atoms with E-state index in [0.29, 0.717) is 17.1 Å². The van der Waals surface area contributed by atoms with Crippen LogP contribution < -0.4 is 0 Å². The molecule has 2 heteroatoms. The zero-order valence-corrected chi connectivity index (χ0v) is 16.6. The lowest BCUT2D eigenvalue weighted by Crippen LogP contribution is -2.49. The van der Waals surface area contributed by atoms with E-state index < -0.39 is 0 Å². The summed E-state index contributed by atoms with van der Waals surface area (Å²) in [6, 6.07) is 0. The normalized spacial score (nSPS) is 49.2. The van der Waals surface area contributed by atoms with Crippen LogP contribution >= 0.6 is 0 Å². The van der Waals surface area contributed by atoms with Crippen molar-refractivity contribution < 1.29 is 9.53 Å². The average Bonchev–Trinajstić information content (AvgIpc) is 2.97. The topological polar surface area (TPSA) is 26.3 Å². The van der Waals surface area contributed by atoms with Crippen LogP contribution in [0.1, 0.15) is 78.6 Å². The highest BCUT2D eigenvalue weighted by Crippen LogP contribution is 2.64.